The molecule has 2 fully saturated rings. The van der Waals surface area contributed by atoms with E-state index in [4.69, 9.17) is 4.74 Å². The van der Waals surface area contributed by atoms with Gasteiger partial charge >= 0.3 is 0 Å². The summed E-state index contributed by atoms with van der Waals surface area (Å²) in [6, 6.07) is 6.40. The Kier molecular flexibility index (Phi) is 3.14. The SMILES string of the molecule is COCC12CCC([C@@H](O)c3cccc(F)c3)(CC1)C2. The van der Waals surface area contributed by atoms with E-state index in [-0.39, 0.29) is 16.6 Å². The van der Waals surface area contributed by atoms with Crippen LogP contribution in [0.25, 0.3) is 0 Å². The number of fused-ring (bicyclic) bond motifs is 2. The molecule has 2 saturated carbocycles. The third-order valence-corrected chi connectivity index (χ3v) is 5.23. The highest BCUT2D eigenvalue weighted by Crippen LogP contribution is 2.65. The molecule has 0 heterocycles. The molecule has 0 radical (unpaired) electrons. The number of hydrogen-bond acceptors (Lipinski definition) is 2. The second-order valence-corrected chi connectivity index (χ2v) is 6.43. The van der Waals surface area contributed by atoms with Crippen molar-refractivity contribution in [1.29, 1.82) is 0 Å². The summed E-state index contributed by atoms with van der Waals surface area (Å²) in [5.74, 6) is -0.271. The minimum absolute atomic E-state index is 0.0632. The van der Waals surface area contributed by atoms with Gasteiger partial charge in [0.05, 0.1) is 12.7 Å². The molecule has 2 nitrogen and oxygen atoms in total. The Morgan fingerprint density at radius 2 is 2.05 bits per heavy atom. The molecule has 2 bridgehead atoms. The van der Waals surface area contributed by atoms with Crippen molar-refractivity contribution in [1.82, 2.24) is 0 Å². The number of aliphatic hydroxyl groups is 1. The summed E-state index contributed by atoms with van der Waals surface area (Å²) in [6.07, 6.45) is 4.73. The van der Waals surface area contributed by atoms with Gasteiger partial charge in [-0.05, 0) is 55.2 Å². The zero-order valence-corrected chi connectivity index (χ0v) is 11.4. The molecular weight excluding hydrogens is 243 g/mol. The molecule has 1 atom stereocenters. The minimum Gasteiger partial charge on any atom is -0.388 e. The van der Waals surface area contributed by atoms with Crippen LogP contribution in [0.15, 0.2) is 24.3 Å². The molecule has 3 heteroatoms. The van der Waals surface area contributed by atoms with E-state index >= 15 is 0 Å². The number of benzene rings is 1. The monoisotopic (exact) mass is 264 g/mol. The largest absolute Gasteiger partial charge is 0.388 e. The highest BCUT2D eigenvalue weighted by atomic mass is 19.1. The summed E-state index contributed by atoms with van der Waals surface area (Å²) in [4.78, 5) is 0. The van der Waals surface area contributed by atoms with Gasteiger partial charge in [0.2, 0.25) is 0 Å². The summed E-state index contributed by atoms with van der Waals surface area (Å²) in [7, 11) is 1.75. The molecule has 1 aromatic carbocycles. The van der Waals surface area contributed by atoms with Gasteiger partial charge in [0, 0.05) is 12.5 Å². The zero-order chi connectivity index (χ0) is 13.5. The fourth-order valence-electron chi connectivity index (χ4n) is 4.28. The van der Waals surface area contributed by atoms with Crippen LogP contribution in [0.5, 0.6) is 0 Å². The fourth-order valence-corrected chi connectivity index (χ4v) is 4.28. The van der Waals surface area contributed by atoms with Crippen LogP contribution in [0.4, 0.5) is 4.39 Å². The molecule has 1 N–H and O–H groups in total. The van der Waals surface area contributed by atoms with E-state index in [9.17, 15) is 9.50 Å². The van der Waals surface area contributed by atoms with Crippen molar-refractivity contribution in [2.45, 2.75) is 38.2 Å². The van der Waals surface area contributed by atoms with E-state index in [1.807, 2.05) is 6.07 Å². The van der Waals surface area contributed by atoms with Gasteiger partial charge in [-0.2, -0.15) is 0 Å². The van der Waals surface area contributed by atoms with Crippen LogP contribution >= 0.6 is 0 Å². The van der Waals surface area contributed by atoms with Crippen LogP contribution in [-0.2, 0) is 4.74 Å². The van der Waals surface area contributed by atoms with Crippen LogP contribution in [0, 0.1) is 16.6 Å². The Morgan fingerprint density at radius 1 is 1.32 bits per heavy atom. The molecule has 2 aliphatic rings. The Labute approximate surface area is 113 Å². The van der Waals surface area contributed by atoms with Crippen LogP contribution in [-0.4, -0.2) is 18.8 Å². The summed E-state index contributed by atoms with van der Waals surface area (Å²) in [5, 5.41) is 10.7. The normalized spacial score (nSPS) is 34.7. The fraction of sp³-hybridized carbons (Fsp3) is 0.625. The van der Waals surface area contributed by atoms with Crippen molar-refractivity contribution in [3.8, 4) is 0 Å². The Balaban J connectivity index is 1.84. The van der Waals surface area contributed by atoms with E-state index in [1.54, 1.807) is 13.2 Å². The molecular formula is C16H21FO2. The van der Waals surface area contributed by atoms with Gasteiger partial charge in [-0.1, -0.05) is 12.1 Å². The highest BCUT2D eigenvalue weighted by molar-refractivity contribution is 5.23. The van der Waals surface area contributed by atoms with Crippen molar-refractivity contribution >= 4 is 0 Å². The molecule has 0 unspecified atom stereocenters. The van der Waals surface area contributed by atoms with E-state index < -0.39 is 6.10 Å². The Bertz CT molecular complexity index is 464. The summed E-state index contributed by atoms with van der Waals surface area (Å²) >= 11 is 0. The third-order valence-electron chi connectivity index (χ3n) is 5.23. The van der Waals surface area contributed by atoms with E-state index in [1.165, 1.54) is 12.1 Å². The first-order chi connectivity index (χ1) is 9.09. The maximum Gasteiger partial charge on any atom is 0.123 e. The molecule has 1 aromatic rings. The quantitative estimate of drug-likeness (QED) is 0.902. The number of hydrogen-bond donors (Lipinski definition) is 1. The van der Waals surface area contributed by atoms with E-state index in [2.05, 4.69) is 0 Å². The average molecular weight is 264 g/mol. The number of halogens is 1. The maximum atomic E-state index is 13.3. The number of methoxy groups -OCH3 is 1. The lowest BCUT2D eigenvalue weighted by Gasteiger charge is -2.32. The third kappa shape index (κ3) is 2.09. The highest BCUT2D eigenvalue weighted by Gasteiger charge is 2.57. The standard InChI is InChI=1S/C16H21FO2/c1-19-11-15-5-7-16(10-15,8-6-15)14(18)12-3-2-4-13(17)9-12/h2-4,9,14,18H,5-8,10-11H2,1H3/t14-,15?,16?/m0/s1. The smallest absolute Gasteiger partial charge is 0.123 e. The summed E-state index contributed by atoms with van der Waals surface area (Å²) in [5.41, 5.74) is 0.908. The van der Waals surface area contributed by atoms with Gasteiger partial charge in [-0.25, -0.2) is 4.39 Å². The molecule has 0 amide bonds. The van der Waals surface area contributed by atoms with Crippen molar-refractivity contribution in [3.63, 3.8) is 0 Å². The van der Waals surface area contributed by atoms with Gasteiger partial charge in [0.1, 0.15) is 5.82 Å². The summed E-state index contributed by atoms with van der Waals surface area (Å²) in [6.45, 7) is 0.782. The van der Waals surface area contributed by atoms with Crippen LogP contribution in [0.3, 0.4) is 0 Å². The molecule has 0 saturated heterocycles. The predicted octanol–water partition coefficient (Wildman–Crippen LogP) is 3.46. The average Bonchev–Trinajstić information content (AvgIpc) is 2.95. The van der Waals surface area contributed by atoms with Gasteiger partial charge in [-0.3, -0.25) is 0 Å². The Morgan fingerprint density at radius 3 is 2.68 bits per heavy atom. The van der Waals surface area contributed by atoms with Crippen molar-refractivity contribution < 1.29 is 14.2 Å². The lowest BCUT2D eigenvalue weighted by molar-refractivity contribution is 0.0294. The summed E-state index contributed by atoms with van der Waals surface area (Å²) < 4.78 is 18.7. The van der Waals surface area contributed by atoms with Gasteiger partial charge < -0.3 is 9.84 Å². The second kappa shape index (κ2) is 4.57. The van der Waals surface area contributed by atoms with Crippen LogP contribution < -0.4 is 0 Å². The number of rotatable bonds is 4. The second-order valence-electron chi connectivity index (χ2n) is 6.43. The maximum absolute atomic E-state index is 13.3. The first kappa shape index (κ1) is 13.1. The van der Waals surface area contributed by atoms with E-state index in [0.717, 1.165) is 44.3 Å². The van der Waals surface area contributed by atoms with Gasteiger partial charge in [-0.15, -0.1) is 0 Å². The minimum atomic E-state index is -0.551. The zero-order valence-electron chi connectivity index (χ0n) is 11.4. The molecule has 104 valence electrons. The lowest BCUT2D eigenvalue weighted by atomic mass is 9.76. The van der Waals surface area contributed by atoms with Crippen molar-refractivity contribution in [2.75, 3.05) is 13.7 Å². The van der Waals surface area contributed by atoms with Crippen molar-refractivity contribution in [3.05, 3.63) is 35.6 Å². The molecule has 19 heavy (non-hydrogen) atoms. The Hall–Kier alpha value is -0.930. The molecule has 2 aliphatic carbocycles. The molecule has 3 rings (SSSR count). The molecule has 0 spiro atoms. The van der Waals surface area contributed by atoms with Gasteiger partial charge in [0.25, 0.3) is 0 Å². The first-order valence-electron chi connectivity index (χ1n) is 7.02. The first-order valence-corrected chi connectivity index (χ1v) is 7.02. The predicted molar refractivity (Wildman–Crippen MR) is 71.2 cm³/mol. The van der Waals surface area contributed by atoms with Crippen molar-refractivity contribution in [2.24, 2.45) is 10.8 Å². The number of aliphatic hydroxyl groups excluding tert-OH is 1. The number of ether oxygens (including phenoxy) is 1. The lowest BCUT2D eigenvalue weighted by Crippen LogP contribution is -2.24. The van der Waals surface area contributed by atoms with Crippen LogP contribution in [0.1, 0.15) is 43.8 Å². The van der Waals surface area contributed by atoms with Gasteiger partial charge in [0.15, 0.2) is 0 Å². The van der Waals surface area contributed by atoms with E-state index in [0.29, 0.717) is 0 Å². The topological polar surface area (TPSA) is 29.5 Å². The van der Waals surface area contributed by atoms with Crippen LogP contribution in [0.2, 0.25) is 0 Å². The molecule has 0 aliphatic heterocycles. The molecule has 0 aromatic heterocycles.